The molecule has 1 rings (SSSR count). The highest BCUT2D eigenvalue weighted by molar-refractivity contribution is 5.82. The summed E-state index contributed by atoms with van der Waals surface area (Å²) < 4.78 is 0. The van der Waals surface area contributed by atoms with Crippen LogP contribution in [-0.4, -0.2) is 47.1 Å². The molecule has 1 amide bonds. The smallest absolute Gasteiger partial charge is 0.323 e. The van der Waals surface area contributed by atoms with Crippen molar-refractivity contribution >= 4 is 11.9 Å². The number of rotatable bonds is 5. The molecule has 0 aromatic heterocycles. The van der Waals surface area contributed by atoms with Crippen LogP contribution in [0.2, 0.25) is 0 Å². The van der Waals surface area contributed by atoms with E-state index in [0.717, 1.165) is 25.9 Å². The van der Waals surface area contributed by atoms with Gasteiger partial charge in [0.1, 0.15) is 5.54 Å². The first kappa shape index (κ1) is 13.0. The van der Waals surface area contributed by atoms with Crippen molar-refractivity contribution in [2.45, 2.75) is 38.6 Å². The molecule has 0 spiro atoms. The maximum Gasteiger partial charge on any atom is 0.323 e. The van der Waals surface area contributed by atoms with Crippen molar-refractivity contribution in [2.24, 2.45) is 0 Å². The van der Waals surface area contributed by atoms with E-state index in [0.29, 0.717) is 6.42 Å². The Bertz CT molecular complexity index is 274. The zero-order valence-corrected chi connectivity index (χ0v) is 9.95. The third kappa shape index (κ3) is 2.95. The standard InChI is InChI=1S/C11H20N2O3/c1-3-11(2,10(15)16)12-8-9(14)13-6-4-5-7-13/h12H,3-8H2,1-2H3,(H,15,16). The Balaban J connectivity index is 2.43. The summed E-state index contributed by atoms with van der Waals surface area (Å²) in [5, 5.41) is 11.9. The molecule has 1 unspecified atom stereocenters. The number of carboxylic acids is 1. The summed E-state index contributed by atoms with van der Waals surface area (Å²) in [7, 11) is 0. The monoisotopic (exact) mass is 228 g/mol. The number of carboxylic acid groups (broad SMARTS) is 1. The van der Waals surface area contributed by atoms with Crippen LogP contribution in [0.4, 0.5) is 0 Å². The lowest BCUT2D eigenvalue weighted by molar-refractivity contribution is -0.144. The van der Waals surface area contributed by atoms with E-state index in [1.165, 1.54) is 0 Å². The van der Waals surface area contributed by atoms with Crippen molar-refractivity contribution < 1.29 is 14.7 Å². The van der Waals surface area contributed by atoms with Crippen LogP contribution < -0.4 is 5.32 Å². The molecule has 5 nitrogen and oxygen atoms in total. The molecule has 1 fully saturated rings. The largest absolute Gasteiger partial charge is 0.480 e. The summed E-state index contributed by atoms with van der Waals surface area (Å²) in [5.74, 6) is -0.914. The quantitative estimate of drug-likeness (QED) is 0.717. The molecular weight excluding hydrogens is 208 g/mol. The molecule has 0 saturated carbocycles. The van der Waals surface area contributed by atoms with Crippen molar-refractivity contribution in [3.8, 4) is 0 Å². The van der Waals surface area contributed by atoms with Gasteiger partial charge in [-0.25, -0.2) is 0 Å². The van der Waals surface area contributed by atoms with Gasteiger partial charge in [0.2, 0.25) is 5.91 Å². The molecule has 0 aromatic rings. The molecule has 0 bridgehead atoms. The number of hydrogen-bond donors (Lipinski definition) is 2. The number of amides is 1. The Morgan fingerprint density at radius 3 is 2.38 bits per heavy atom. The van der Waals surface area contributed by atoms with Crippen LogP contribution in [0.3, 0.4) is 0 Å². The molecule has 92 valence electrons. The average molecular weight is 228 g/mol. The minimum absolute atomic E-state index is 0.00146. The molecular formula is C11H20N2O3. The minimum Gasteiger partial charge on any atom is -0.480 e. The summed E-state index contributed by atoms with van der Waals surface area (Å²) in [6.45, 7) is 5.11. The van der Waals surface area contributed by atoms with Gasteiger partial charge in [0.25, 0.3) is 0 Å². The van der Waals surface area contributed by atoms with E-state index in [1.54, 1.807) is 18.7 Å². The highest BCUT2D eigenvalue weighted by Gasteiger charge is 2.31. The zero-order chi connectivity index (χ0) is 12.2. The lowest BCUT2D eigenvalue weighted by Crippen LogP contribution is -2.52. The number of hydrogen-bond acceptors (Lipinski definition) is 3. The molecule has 1 heterocycles. The van der Waals surface area contributed by atoms with Gasteiger partial charge in [-0.1, -0.05) is 6.92 Å². The molecule has 2 N–H and O–H groups in total. The van der Waals surface area contributed by atoms with E-state index < -0.39 is 11.5 Å². The second-order valence-corrected chi connectivity index (χ2v) is 4.43. The second-order valence-electron chi connectivity index (χ2n) is 4.43. The molecule has 16 heavy (non-hydrogen) atoms. The Labute approximate surface area is 95.8 Å². The number of nitrogens with one attached hydrogen (secondary N) is 1. The highest BCUT2D eigenvalue weighted by atomic mass is 16.4. The maximum absolute atomic E-state index is 11.7. The second kappa shape index (κ2) is 5.30. The van der Waals surface area contributed by atoms with E-state index >= 15 is 0 Å². The van der Waals surface area contributed by atoms with Gasteiger partial charge < -0.3 is 10.0 Å². The fourth-order valence-electron chi connectivity index (χ4n) is 1.70. The van der Waals surface area contributed by atoms with Crippen molar-refractivity contribution in [2.75, 3.05) is 19.6 Å². The van der Waals surface area contributed by atoms with Crippen LogP contribution in [0.5, 0.6) is 0 Å². The molecule has 5 heteroatoms. The summed E-state index contributed by atoms with van der Waals surface area (Å²) in [6.07, 6.45) is 2.56. The van der Waals surface area contributed by atoms with E-state index in [1.807, 2.05) is 0 Å². The summed E-state index contributed by atoms with van der Waals surface area (Å²) in [6, 6.07) is 0. The lowest BCUT2D eigenvalue weighted by atomic mass is 9.99. The summed E-state index contributed by atoms with van der Waals surface area (Å²) >= 11 is 0. The number of carbonyl (C=O) groups is 2. The van der Waals surface area contributed by atoms with Crippen LogP contribution in [0, 0.1) is 0 Å². The fourth-order valence-corrected chi connectivity index (χ4v) is 1.70. The molecule has 1 aliphatic heterocycles. The van der Waals surface area contributed by atoms with Gasteiger partial charge in [0.05, 0.1) is 6.54 Å². The topological polar surface area (TPSA) is 69.6 Å². The first-order chi connectivity index (χ1) is 7.49. The molecule has 1 aliphatic rings. The number of nitrogens with zero attached hydrogens (tertiary/aromatic N) is 1. The predicted molar refractivity (Wildman–Crippen MR) is 60.1 cm³/mol. The van der Waals surface area contributed by atoms with E-state index in [2.05, 4.69) is 5.32 Å². The Kier molecular flexibility index (Phi) is 4.29. The zero-order valence-electron chi connectivity index (χ0n) is 9.95. The number of aliphatic carboxylic acids is 1. The molecule has 0 aliphatic carbocycles. The van der Waals surface area contributed by atoms with Gasteiger partial charge in [-0.05, 0) is 26.2 Å². The summed E-state index contributed by atoms with van der Waals surface area (Å²) in [5.41, 5.74) is -1.00. The molecule has 1 saturated heterocycles. The van der Waals surface area contributed by atoms with Gasteiger partial charge in [-0.2, -0.15) is 0 Å². The number of likely N-dealkylation sites (tertiary alicyclic amines) is 1. The summed E-state index contributed by atoms with van der Waals surface area (Å²) in [4.78, 5) is 24.5. The van der Waals surface area contributed by atoms with Crippen LogP contribution in [0.1, 0.15) is 33.1 Å². The average Bonchev–Trinajstić information content (AvgIpc) is 2.78. The van der Waals surface area contributed by atoms with E-state index in [4.69, 9.17) is 5.11 Å². The lowest BCUT2D eigenvalue weighted by Gasteiger charge is -2.25. The molecule has 0 aromatic carbocycles. The Hall–Kier alpha value is -1.10. The molecule has 1 atom stereocenters. The first-order valence-electron chi connectivity index (χ1n) is 5.76. The predicted octanol–water partition coefficient (Wildman–Crippen LogP) is 0.452. The third-order valence-electron chi connectivity index (χ3n) is 3.27. The van der Waals surface area contributed by atoms with Crippen molar-refractivity contribution in [3.05, 3.63) is 0 Å². The fraction of sp³-hybridized carbons (Fsp3) is 0.818. The van der Waals surface area contributed by atoms with Crippen LogP contribution in [0.25, 0.3) is 0 Å². The Morgan fingerprint density at radius 2 is 1.94 bits per heavy atom. The van der Waals surface area contributed by atoms with Crippen molar-refractivity contribution in [1.29, 1.82) is 0 Å². The van der Waals surface area contributed by atoms with Crippen molar-refractivity contribution in [1.82, 2.24) is 10.2 Å². The van der Waals surface area contributed by atoms with Crippen LogP contribution in [-0.2, 0) is 9.59 Å². The normalized spacial score (nSPS) is 19.5. The van der Waals surface area contributed by atoms with Gasteiger partial charge in [-0.3, -0.25) is 14.9 Å². The van der Waals surface area contributed by atoms with Gasteiger partial charge >= 0.3 is 5.97 Å². The first-order valence-corrected chi connectivity index (χ1v) is 5.76. The van der Waals surface area contributed by atoms with Crippen molar-refractivity contribution in [3.63, 3.8) is 0 Å². The van der Waals surface area contributed by atoms with E-state index in [-0.39, 0.29) is 12.5 Å². The Morgan fingerprint density at radius 1 is 1.38 bits per heavy atom. The van der Waals surface area contributed by atoms with E-state index in [9.17, 15) is 9.59 Å². The van der Waals surface area contributed by atoms with Gasteiger partial charge in [0, 0.05) is 13.1 Å². The van der Waals surface area contributed by atoms with Crippen LogP contribution >= 0.6 is 0 Å². The SMILES string of the molecule is CCC(C)(NCC(=O)N1CCCC1)C(=O)O. The third-order valence-corrected chi connectivity index (χ3v) is 3.27. The maximum atomic E-state index is 11.7. The highest BCUT2D eigenvalue weighted by Crippen LogP contribution is 2.10. The number of carbonyl (C=O) groups excluding carboxylic acids is 1. The molecule has 0 radical (unpaired) electrons. The van der Waals surface area contributed by atoms with Gasteiger partial charge in [-0.15, -0.1) is 0 Å². The van der Waals surface area contributed by atoms with Crippen LogP contribution in [0.15, 0.2) is 0 Å². The minimum atomic E-state index is -1.00. The van der Waals surface area contributed by atoms with Gasteiger partial charge in [0.15, 0.2) is 0 Å².